The standard InChI is InChI=1S/C16H17ClF2N2/c1-21(10-11-3-2-4-13(18)7-11)16(9-20)14-6-5-12(17)8-15(14)19/h2-8,16H,9-10,20H2,1H3. The Morgan fingerprint density at radius 1 is 1.19 bits per heavy atom. The second kappa shape index (κ2) is 6.98. The summed E-state index contributed by atoms with van der Waals surface area (Å²) < 4.78 is 27.2. The van der Waals surface area contributed by atoms with Crippen molar-refractivity contribution in [3.8, 4) is 0 Å². The topological polar surface area (TPSA) is 29.3 Å². The van der Waals surface area contributed by atoms with Crippen LogP contribution in [0.3, 0.4) is 0 Å². The molecule has 112 valence electrons. The highest BCUT2D eigenvalue weighted by molar-refractivity contribution is 6.30. The number of nitrogens with two attached hydrogens (primary N) is 1. The van der Waals surface area contributed by atoms with Crippen molar-refractivity contribution in [3.05, 3.63) is 70.2 Å². The molecule has 1 atom stereocenters. The van der Waals surface area contributed by atoms with Crippen LogP contribution in [0.1, 0.15) is 17.2 Å². The summed E-state index contributed by atoms with van der Waals surface area (Å²) in [5, 5.41) is 0.347. The second-order valence-corrected chi connectivity index (χ2v) is 5.40. The van der Waals surface area contributed by atoms with Crippen molar-refractivity contribution in [2.24, 2.45) is 5.73 Å². The highest BCUT2D eigenvalue weighted by atomic mass is 35.5. The summed E-state index contributed by atoms with van der Waals surface area (Å²) in [6.07, 6.45) is 0. The Kier molecular flexibility index (Phi) is 5.28. The van der Waals surface area contributed by atoms with Crippen LogP contribution in [-0.2, 0) is 6.54 Å². The normalized spacial score (nSPS) is 12.7. The summed E-state index contributed by atoms with van der Waals surface area (Å²) >= 11 is 5.77. The third-order valence-corrected chi connectivity index (χ3v) is 3.63. The fraction of sp³-hybridized carbons (Fsp3) is 0.250. The predicted octanol–water partition coefficient (Wildman–Crippen LogP) is 3.75. The van der Waals surface area contributed by atoms with Crippen LogP contribution in [0, 0.1) is 11.6 Å². The molecule has 2 nitrogen and oxygen atoms in total. The number of likely N-dealkylation sites (N-methyl/N-ethyl adjacent to an activating group) is 1. The first-order valence-electron chi connectivity index (χ1n) is 6.61. The molecule has 0 spiro atoms. The molecular formula is C16H17ClF2N2. The average molecular weight is 311 g/mol. The molecule has 0 aliphatic carbocycles. The number of benzene rings is 2. The van der Waals surface area contributed by atoms with Gasteiger partial charge < -0.3 is 5.73 Å². The minimum atomic E-state index is -0.385. The quantitative estimate of drug-likeness (QED) is 0.911. The van der Waals surface area contributed by atoms with Crippen LogP contribution >= 0.6 is 11.6 Å². The van der Waals surface area contributed by atoms with Crippen molar-refractivity contribution in [1.29, 1.82) is 0 Å². The number of halogens is 3. The first kappa shape index (κ1) is 15.9. The summed E-state index contributed by atoms with van der Waals surface area (Å²) in [4.78, 5) is 1.89. The van der Waals surface area contributed by atoms with Crippen LogP contribution in [0.15, 0.2) is 42.5 Å². The lowest BCUT2D eigenvalue weighted by molar-refractivity contribution is 0.236. The van der Waals surface area contributed by atoms with E-state index >= 15 is 0 Å². The van der Waals surface area contributed by atoms with Gasteiger partial charge in [-0.05, 0) is 36.9 Å². The molecule has 0 aromatic heterocycles. The Bertz CT molecular complexity index is 619. The minimum Gasteiger partial charge on any atom is -0.329 e. The van der Waals surface area contributed by atoms with Crippen molar-refractivity contribution >= 4 is 11.6 Å². The fourth-order valence-corrected chi connectivity index (χ4v) is 2.51. The molecular weight excluding hydrogens is 294 g/mol. The number of hydrogen-bond donors (Lipinski definition) is 1. The van der Waals surface area contributed by atoms with Crippen LogP contribution in [0.5, 0.6) is 0 Å². The van der Waals surface area contributed by atoms with Gasteiger partial charge in [0.2, 0.25) is 0 Å². The summed E-state index contributed by atoms with van der Waals surface area (Å²) in [6, 6.07) is 10.6. The largest absolute Gasteiger partial charge is 0.329 e. The summed E-state index contributed by atoms with van der Waals surface area (Å²) in [6.45, 7) is 0.728. The molecule has 2 rings (SSSR count). The molecule has 0 radical (unpaired) electrons. The van der Waals surface area contributed by atoms with Crippen LogP contribution in [-0.4, -0.2) is 18.5 Å². The van der Waals surface area contributed by atoms with Crippen molar-refractivity contribution in [2.75, 3.05) is 13.6 Å². The number of rotatable bonds is 5. The molecule has 1 unspecified atom stereocenters. The number of nitrogens with zero attached hydrogens (tertiary/aromatic N) is 1. The Morgan fingerprint density at radius 2 is 1.95 bits per heavy atom. The van der Waals surface area contributed by atoms with E-state index in [1.54, 1.807) is 18.2 Å². The molecule has 0 heterocycles. The van der Waals surface area contributed by atoms with E-state index in [2.05, 4.69) is 0 Å². The molecule has 21 heavy (non-hydrogen) atoms. The van der Waals surface area contributed by atoms with Gasteiger partial charge in [0.1, 0.15) is 11.6 Å². The van der Waals surface area contributed by atoms with Gasteiger partial charge in [0.05, 0.1) is 0 Å². The van der Waals surface area contributed by atoms with E-state index in [-0.39, 0.29) is 24.2 Å². The van der Waals surface area contributed by atoms with Gasteiger partial charge in [-0.3, -0.25) is 4.90 Å². The van der Waals surface area contributed by atoms with Gasteiger partial charge >= 0.3 is 0 Å². The van der Waals surface area contributed by atoms with Crippen molar-refractivity contribution < 1.29 is 8.78 Å². The van der Waals surface area contributed by atoms with Crippen LogP contribution in [0.4, 0.5) is 8.78 Å². The Labute approximate surface area is 128 Å². The van der Waals surface area contributed by atoms with E-state index in [0.717, 1.165) is 5.56 Å². The Morgan fingerprint density at radius 3 is 2.57 bits per heavy atom. The van der Waals surface area contributed by atoms with E-state index in [1.165, 1.54) is 18.2 Å². The van der Waals surface area contributed by atoms with Gasteiger partial charge in [-0.2, -0.15) is 0 Å². The SMILES string of the molecule is CN(Cc1cccc(F)c1)C(CN)c1ccc(Cl)cc1F. The first-order valence-corrected chi connectivity index (χ1v) is 6.98. The third kappa shape index (κ3) is 4.00. The lowest BCUT2D eigenvalue weighted by Gasteiger charge is -2.27. The highest BCUT2D eigenvalue weighted by Gasteiger charge is 2.19. The van der Waals surface area contributed by atoms with E-state index in [0.29, 0.717) is 17.1 Å². The predicted molar refractivity (Wildman–Crippen MR) is 81.1 cm³/mol. The monoisotopic (exact) mass is 310 g/mol. The molecule has 0 aliphatic heterocycles. The van der Waals surface area contributed by atoms with E-state index in [4.69, 9.17) is 17.3 Å². The molecule has 0 bridgehead atoms. The molecule has 0 aliphatic rings. The molecule has 2 N–H and O–H groups in total. The summed E-state index contributed by atoms with van der Waals surface area (Å²) in [5.41, 5.74) is 7.08. The molecule has 0 saturated carbocycles. The van der Waals surface area contributed by atoms with Crippen molar-refractivity contribution in [2.45, 2.75) is 12.6 Å². The molecule has 5 heteroatoms. The summed E-state index contributed by atoms with van der Waals surface area (Å²) in [5.74, 6) is -0.674. The van der Waals surface area contributed by atoms with Gasteiger partial charge in [0.25, 0.3) is 0 Å². The lowest BCUT2D eigenvalue weighted by Crippen LogP contribution is -2.30. The molecule has 2 aromatic rings. The first-order chi connectivity index (χ1) is 10.0. The Hall–Kier alpha value is -1.49. The summed E-state index contributed by atoms with van der Waals surface area (Å²) in [7, 11) is 1.83. The maximum Gasteiger partial charge on any atom is 0.129 e. The van der Waals surface area contributed by atoms with Gasteiger partial charge in [0, 0.05) is 29.7 Å². The highest BCUT2D eigenvalue weighted by Crippen LogP contribution is 2.25. The van der Waals surface area contributed by atoms with Crippen molar-refractivity contribution in [3.63, 3.8) is 0 Å². The Balaban J connectivity index is 2.20. The van der Waals surface area contributed by atoms with E-state index < -0.39 is 0 Å². The maximum absolute atomic E-state index is 14.0. The zero-order valence-electron chi connectivity index (χ0n) is 11.7. The van der Waals surface area contributed by atoms with Crippen molar-refractivity contribution in [1.82, 2.24) is 4.90 Å². The minimum absolute atomic E-state index is 0.254. The van der Waals surface area contributed by atoms with E-state index in [9.17, 15) is 8.78 Å². The van der Waals surface area contributed by atoms with Crippen LogP contribution in [0.25, 0.3) is 0 Å². The smallest absolute Gasteiger partial charge is 0.129 e. The van der Waals surface area contributed by atoms with Gasteiger partial charge in [-0.15, -0.1) is 0 Å². The van der Waals surface area contributed by atoms with Gasteiger partial charge in [-0.25, -0.2) is 8.78 Å². The molecule has 0 amide bonds. The average Bonchev–Trinajstić information content (AvgIpc) is 2.42. The zero-order chi connectivity index (χ0) is 15.4. The van der Waals surface area contributed by atoms with Crippen LogP contribution in [0.2, 0.25) is 5.02 Å². The maximum atomic E-state index is 14.0. The van der Waals surface area contributed by atoms with Gasteiger partial charge in [-0.1, -0.05) is 29.8 Å². The molecule has 2 aromatic carbocycles. The fourth-order valence-electron chi connectivity index (χ4n) is 2.35. The van der Waals surface area contributed by atoms with Crippen LogP contribution < -0.4 is 5.73 Å². The zero-order valence-corrected chi connectivity index (χ0v) is 12.4. The van der Waals surface area contributed by atoms with E-state index in [1.807, 2.05) is 18.0 Å². The lowest BCUT2D eigenvalue weighted by atomic mass is 10.0. The molecule has 0 saturated heterocycles. The third-order valence-electron chi connectivity index (χ3n) is 3.40. The van der Waals surface area contributed by atoms with Gasteiger partial charge in [0.15, 0.2) is 0 Å². The molecule has 0 fully saturated rings. The number of hydrogen-bond acceptors (Lipinski definition) is 2. The second-order valence-electron chi connectivity index (χ2n) is 4.96.